The fourth-order valence-corrected chi connectivity index (χ4v) is 5.83. The van der Waals surface area contributed by atoms with E-state index >= 15 is 0 Å². The summed E-state index contributed by atoms with van der Waals surface area (Å²) >= 11 is 0. The molecule has 3 heterocycles. The van der Waals surface area contributed by atoms with Crippen molar-refractivity contribution in [3.05, 3.63) is 68.1 Å². The molecule has 1 fully saturated rings. The summed E-state index contributed by atoms with van der Waals surface area (Å²) in [6.45, 7) is 16.9. The number of nitrogens with zero attached hydrogens (tertiary/aromatic N) is 2. The molecule has 228 valence electrons. The van der Waals surface area contributed by atoms with Crippen LogP contribution in [0.25, 0.3) is 5.57 Å². The first-order valence-corrected chi connectivity index (χ1v) is 15.0. The Morgan fingerprint density at radius 3 is 2.45 bits per heavy atom. The van der Waals surface area contributed by atoms with Crippen LogP contribution in [-0.4, -0.2) is 66.4 Å². The van der Waals surface area contributed by atoms with Gasteiger partial charge in [0.2, 0.25) is 0 Å². The van der Waals surface area contributed by atoms with Crippen LogP contribution in [0.4, 0.5) is 10.5 Å². The smallest absolute Gasteiger partial charge is 0.410 e. The minimum atomic E-state index is -0.551. The molecule has 2 aliphatic heterocycles. The number of pyridine rings is 1. The zero-order valence-corrected chi connectivity index (χ0v) is 26.2. The molecule has 2 N–H and O–H groups in total. The average Bonchev–Trinajstić information content (AvgIpc) is 2.93. The monoisotopic (exact) mass is 578 g/mol. The first-order chi connectivity index (χ1) is 19.9. The van der Waals surface area contributed by atoms with Crippen LogP contribution in [0.3, 0.4) is 0 Å². The summed E-state index contributed by atoms with van der Waals surface area (Å²) in [5.41, 5.74) is 6.06. The number of rotatable bonds is 7. The van der Waals surface area contributed by atoms with Gasteiger partial charge in [-0.3, -0.25) is 9.59 Å². The quantitative estimate of drug-likeness (QED) is 0.465. The van der Waals surface area contributed by atoms with Crippen molar-refractivity contribution in [2.75, 3.05) is 37.7 Å². The second-order valence-corrected chi connectivity index (χ2v) is 12.3. The molecule has 2 amide bonds. The number of ether oxygens (including phenoxy) is 2. The Bertz CT molecular complexity index is 1400. The number of nitrogens with one attached hydrogen (secondary N) is 2. The van der Waals surface area contributed by atoms with Gasteiger partial charge in [0.15, 0.2) is 0 Å². The summed E-state index contributed by atoms with van der Waals surface area (Å²) in [6, 6.07) is 6.38. The Hall–Kier alpha value is -3.59. The number of aromatic amines is 1. The van der Waals surface area contributed by atoms with Gasteiger partial charge in [-0.25, -0.2) is 4.79 Å². The third-order valence-electron chi connectivity index (χ3n) is 8.06. The highest BCUT2D eigenvalue weighted by atomic mass is 16.6. The van der Waals surface area contributed by atoms with Crippen molar-refractivity contribution in [3.8, 4) is 0 Å². The van der Waals surface area contributed by atoms with Crippen LogP contribution < -0.4 is 15.8 Å². The van der Waals surface area contributed by atoms with Crippen LogP contribution in [0.5, 0.6) is 0 Å². The number of aryl methyl sites for hydroxylation is 2. The summed E-state index contributed by atoms with van der Waals surface area (Å²) in [4.78, 5) is 45.9. The lowest BCUT2D eigenvalue weighted by atomic mass is 9.92. The number of carbonyl (C=O) groups excluding carboxylic acids is 2. The summed E-state index contributed by atoms with van der Waals surface area (Å²) in [5.74, 6) is -0.218. The Balaban J connectivity index is 1.67. The fraction of sp³-hybridized carbons (Fsp3) is 0.545. The van der Waals surface area contributed by atoms with Crippen molar-refractivity contribution < 1.29 is 19.1 Å². The van der Waals surface area contributed by atoms with Crippen molar-refractivity contribution in [3.63, 3.8) is 0 Å². The average molecular weight is 579 g/mol. The van der Waals surface area contributed by atoms with E-state index in [1.165, 1.54) is 0 Å². The second-order valence-electron chi connectivity index (χ2n) is 12.3. The highest BCUT2D eigenvalue weighted by molar-refractivity contribution is 5.98. The zero-order chi connectivity index (χ0) is 30.6. The molecule has 0 aliphatic carbocycles. The van der Waals surface area contributed by atoms with E-state index in [0.717, 1.165) is 66.2 Å². The van der Waals surface area contributed by atoms with E-state index < -0.39 is 5.60 Å². The maximum Gasteiger partial charge on any atom is 0.410 e. The van der Waals surface area contributed by atoms with Crippen molar-refractivity contribution in [1.82, 2.24) is 15.2 Å². The van der Waals surface area contributed by atoms with E-state index in [1.54, 1.807) is 4.90 Å². The Kier molecular flexibility index (Phi) is 9.82. The van der Waals surface area contributed by atoms with Crippen LogP contribution >= 0.6 is 0 Å². The molecule has 2 aromatic rings. The molecule has 0 bridgehead atoms. The van der Waals surface area contributed by atoms with Crippen molar-refractivity contribution >= 4 is 23.3 Å². The number of benzene rings is 1. The lowest BCUT2D eigenvalue weighted by molar-refractivity contribution is 0.0270. The zero-order valence-electron chi connectivity index (χ0n) is 26.2. The number of amides is 2. The first kappa shape index (κ1) is 31.3. The number of hydrogen-bond acceptors (Lipinski definition) is 6. The lowest BCUT2D eigenvalue weighted by Gasteiger charge is -2.37. The van der Waals surface area contributed by atoms with E-state index in [0.29, 0.717) is 36.7 Å². The highest BCUT2D eigenvalue weighted by Gasteiger charge is 2.27. The van der Waals surface area contributed by atoms with E-state index in [-0.39, 0.29) is 24.1 Å². The van der Waals surface area contributed by atoms with Gasteiger partial charge < -0.3 is 29.6 Å². The van der Waals surface area contributed by atoms with Crippen molar-refractivity contribution in [2.45, 2.75) is 85.9 Å². The van der Waals surface area contributed by atoms with Crippen LogP contribution in [-0.2, 0) is 16.0 Å². The summed E-state index contributed by atoms with van der Waals surface area (Å²) in [6.07, 6.45) is 4.26. The molecule has 9 heteroatoms. The molecule has 2 aliphatic rings. The minimum absolute atomic E-state index is 0.143. The third-order valence-corrected chi connectivity index (χ3v) is 8.06. The molecule has 0 spiro atoms. The molecule has 0 saturated carbocycles. The van der Waals surface area contributed by atoms with Gasteiger partial charge in [0, 0.05) is 67.9 Å². The Morgan fingerprint density at radius 1 is 1.14 bits per heavy atom. The number of carbonyl (C=O) groups is 2. The predicted molar refractivity (Wildman–Crippen MR) is 166 cm³/mol. The second kappa shape index (κ2) is 13.2. The molecule has 4 rings (SSSR count). The highest BCUT2D eigenvalue weighted by Crippen LogP contribution is 2.34. The molecular weight excluding hydrogens is 532 g/mol. The van der Waals surface area contributed by atoms with Crippen molar-refractivity contribution in [1.29, 1.82) is 0 Å². The molecule has 0 unspecified atom stereocenters. The first-order valence-electron chi connectivity index (χ1n) is 15.0. The van der Waals surface area contributed by atoms with E-state index in [9.17, 15) is 14.4 Å². The molecular formula is C33H46N4O5. The van der Waals surface area contributed by atoms with Gasteiger partial charge in [-0.05, 0) is 108 Å². The standard InChI is InChI=1S/C33H46N4O5/c1-8-37(26-11-15-41-16-12-26)29-19-25(24-9-13-36(14-10-24)32(40)42-33(5,6)7)18-27(23(29)4)30(38)34-20-28-21(2)17-22(3)35-31(28)39/h9,17-19,26H,8,10-16,20H2,1-7H3,(H,34,38)(H,35,39). The van der Waals surface area contributed by atoms with E-state index in [4.69, 9.17) is 9.47 Å². The SMILES string of the molecule is CCN(c1cc(C2=CCN(C(=O)OC(C)(C)C)CC2)cc(C(=O)NCc2c(C)cc(C)[nH]c2=O)c1C)C1CCOCC1. The van der Waals surface area contributed by atoms with Crippen LogP contribution in [0.1, 0.15) is 85.3 Å². The molecule has 42 heavy (non-hydrogen) atoms. The van der Waals surface area contributed by atoms with Crippen LogP contribution in [0.2, 0.25) is 0 Å². The number of hydrogen-bond donors (Lipinski definition) is 2. The van der Waals surface area contributed by atoms with Gasteiger partial charge in [-0.2, -0.15) is 0 Å². The van der Waals surface area contributed by atoms with Crippen LogP contribution in [0, 0.1) is 20.8 Å². The van der Waals surface area contributed by atoms with Gasteiger partial charge in [0.25, 0.3) is 11.5 Å². The third kappa shape index (κ3) is 7.43. The molecule has 0 radical (unpaired) electrons. The molecule has 1 saturated heterocycles. The van der Waals surface area contributed by atoms with Gasteiger partial charge in [0.1, 0.15) is 5.60 Å². The fourth-order valence-electron chi connectivity index (χ4n) is 5.83. The van der Waals surface area contributed by atoms with E-state index in [1.807, 2.05) is 53.7 Å². The normalized spacial score (nSPS) is 16.2. The summed E-state index contributed by atoms with van der Waals surface area (Å²) in [5, 5.41) is 3.01. The van der Waals surface area contributed by atoms with Crippen molar-refractivity contribution in [2.24, 2.45) is 0 Å². The maximum atomic E-state index is 13.7. The van der Waals surface area contributed by atoms with E-state index in [2.05, 4.69) is 34.3 Å². The minimum Gasteiger partial charge on any atom is -0.444 e. The van der Waals surface area contributed by atoms with Gasteiger partial charge in [0.05, 0.1) is 0 Å². The molecule has 0 atom stereocenters. The van der Waals surface area contributed by atoms with Gasteiger partial charge in [-0.15, -0.1) is 0 Å². The lowest BCUT2D eigenvalue weighted by Crippen LogP contribution is -2.40. The summed E-state index contributed by atoms with van der Waals surface area (Å²) < 4.78 is 11.2. The topological polar surface area (TPSA) is 104 Å². The summed E-state index contributed by atoms with van der Waals surface area (Å²) in [7, 11) is 0. The van der Waals surface area contributed by atoms with Gasteiger partial charge in [-0.1, -0.05) is 6.08 Å². The number of aromatic nitrogens is 1. The Morgan fingerprint density at radius 2 is 1.86 bits per heavy atom. The van der Waals surface area contributed by atoms with Gasteiger partial charge >= 0.3 is 6.09 Å². The Labute approximate surface area is 249 Å². The molecule has 9 nitrogen and oxygen atoms in total. The maximum absolute atomic E-state index is 13.7. The number of anilines is 1. The predicted octanol–water partition coefficient (Wildman–Crippen LogP) is 5.26. The largest absolute Gasteiger partial charge is 0.444 e. The molecule has 1 aromatic heterocycles. The molecule has 1 aromatic carbocycles. The number of H-pyrrole nitrogens is 1. The van der Waals surface area contributed by atoms with Crippen LogP contribution in [0.15, 0.2) is 29.1 Å².